The largest absolute Gasteiger partial charge is 0.483 e. The number of aromatic nitrogens is 4. The van der Waals surface area contributed by atoms with Gasteiger partial charge in [0.15, 0.2) is 17.2 Å². The Morgan fingerprint density at radius 3 is 2.97 bits per heavy atom. The number of hydrogen-bond acceptors (Lipinski definition) is 7. The molecule has 0 aromatic carbocycles. The molecule has 3 aromatic heterocycles. The Bertz CT molecular complexity index is 1270. The second-order valence-corrected chi connectivity index (χ2v) is 9.53. The van der Waals surface area contributed by atoms with Gasteiger partial charge >= 0.3 is 0 Å². The van der Waals surface area contributed by atoms with Crippen molar-refractivity contribution in [2.24, 2.45) is 5.92 Å². The molecule has 4 aliphatic rings. The Morgan fingerprint density at radius 2 is 2.09 bits per heavy atom. The normalized spacial score (nSPS) is 26.4. The molecule has 0 spiro atoms. The molecule has 2 bridgehead atoms. The van der Waals surface area contributed by atoms with E-state index in [9.17, 15) is 4.39 Å². The summed E-state index contributed by atoms with van der Waals surface area (Å²) < 4.78 is 28.6. The molecule has 9 heteroatoms. The highest BCUT2D eigenvalue weighted by molar-refractivity contribution is 5.75. The molecule has 170 valence electrons. The van der Waals surface area contributed by atoms with Gasteiger partial charge in [0, 0.05) is 11.3 Å². The van der Waals surface area contributed by atoms with Crippen LogP contribution in [0.15, 0.2) is 31.2 Å². The third-order valence-corrected chi connectivity index (χ3v) is 7.32. The summed E-state index contributed by atoms with van der Waals surface area (Å²) in [5, 5.41) is 8.07. The van der Waals surface area contributed by atoms with Crippen molar-refractivity contribution in [3.63, 3.8) is 0 Å². The number of nitrogens with zero attached hydrogens (tertiary/aromatic N) is 5. The Hall–Kier alpha value is -3.36. The monoisotopic (exact) mass is 448 g/mol. The van der Waals surface area contributed by atoms with E-state index in [4.69, 9.17) is 14.5 Å². The lowest BCUT2D eigenvalue weighted by Crippen LogP contribution is -2.47. The summed E-state index contributed by atoms with van der Waals surface area (Å²) in [6.45, 7) is 5.18. The molecule has 1 N–H and O–H groups in total. The summed E-state index contributed by atoms with van der Waals surface area (Å²) in [6, 6.07) is 1.78. The zero-order valence-electron chi connectivity index (χ0n) is 18.2. The number of anilines is 1. The van der Waals surface area contributed by atoms with Crippen molar-refractivity contribution in [3.05, 3.63) is 48.2 Å². The van der Waals surface area contributed by atoms with Crippen LogP contribution in [-0.2, 0) is 6.54 Å². The van der Waals surface area contributed by atoms with Crippen LogP contribution in [-0.4, -0.2) is 44.4 Å². The van der Waals surface area contributed by atoms with E-state index in [2.05, 4.69) is 26.9 Å². The minimum atomic E-state index is -0.371. The minimum Gasteiger partial charge on any atom is -0.483 e. The summed E-state index contributed by atoms with van der Waals surface area (Å²) in [4.78, 5) is 11.6. The predicted octanol–water partition coefficient (Wildman–Crippen LogP) is 3.31. The number of pyridine rings is 1. The third kappa shape index (κ3) is 3.13. The molecular formula is C24H25FN6O2. The highest BCUT2D eigenvalue weighted by Gasteiger charge is 2.41. The minimum absolute atomic E-state index is 0.0734. The standard InChI is InChI=1S/C24H25FN6O2/c1-13-17-9-27-31-11-21-23(29-22(17)31)30(19-3-2-4-20(19)33-21)10-15-7-16(25)8-26-24(15)32-12-18(28-13)14-5-6-14/h7-9,11,14,18-20,28H,1-6,10,12H2/t18-,19+,20-/m0/s1. The van der Waals surface area contributed by atoms with Gasteiger partial charge < -0.3 is 19.7 Å². The summed E-state index contributed by atoms with van der Waals surface area (Å²) in [7, 11) is 0. The molecule has 2 aliphatic carbocycles. The molecule has 8 nitrogen and oxygen atoms in total. The molecule has 0 saturated heterocycles. The maximum Gasteiger partial charge on any atom is 0.218 e. The van der Waals surface area contributed by atoms with Gasteiger partial charge in [-0.05, 0) is 44.1 Å². The van der Waals surface area contributed by atoms with Crippen LogP contribution in [0.4, 0.5) is 10.2 Å². The SMILES string of the molecule is C=C1N[C@H](C2CC2)COc2ncc(F)cc2CN2c3nc4c1cnn4cc3O[C@H]1CCC[C@H]12. The van der Waals surface area contributed by atoms with Crippen molar-refractivity contribution < 1.29 is 13.9 Å². The first-order chi connectivity index (χ1) is 16.1. The summed E-state index contributed by atoms with van der Waals surface area (Å²) in [5.41, 5.74) is 3.07. The van der Waals surface area contributed by atoms with Crippen molar-refractivity contribution in [1.82, 2.24) is 24.9 Å². The van der Waals surface area contributed by atoms with Gasteiger partial charge in [0.2, 0.25) is 5.88 Å². The lowest BCUT2D eigenvalue weighted by Gasteiger charge is -2.39. The van der Waals surface area contributed by atoms with E-state index in [1.54, 1.807) is 10.7 Å². The quantitative estimate of drug-likeness (QED) is 0.612. The van der Waals surface area contributed by atoms with Crippen LogP contribution < -0.4 is 19.7 Å². The summed E-state index contributed by atoms with van der Waals surface area (Å²) in [5.74, 6) is 2.05. The van der Waals surface area contributed by atoms with Gasteiger partial charge in [-0.15, -0.1) is 0 Å². The zero-order valence-corrected chi connectivity index (χ0v) is 18.2. The highest BCUT2D eigenvalue weighted by atomic mass is 19.1. The Balaban J connectivity index is 1.41. The molecule has 2 saturated carbocycles. The lowest BCUT2D eigenvalue weighted by atomic mass is 10.1. The highest BCUT2D eigenvalue weighted by Crippen LogP contribution is 2.43. The van der Waals surface area contributed by atoms with Crippen LogP contribution in [0.5, 0.6) is 11.6 Å². The maximum absolute atomic E-state index is 14.3. The van der Waals surface area contributed by atoms with Crippen molar-refractivity contribution >= 4 is 17.2 Å². The van der Waals surface area contributed by atoms with Gasteiger partial charge in [-0.25, -0.2) is 18.9 Å². The summed E-state index contributed by atoms with van der Waals surface area (Å²) >= 11 is 0. The van der Waals surface area contributed by atoms with Gasteiger partial charge in [0.25, 0.3) is 0 Å². The topological polar surface area (TPSA) is 76.8 Å². The Kier molecular flexibility index (Phi) is 4.10. The van der Waals surface area contributed by atoms with Crippen LogP contribution in [0.2, 0.25) is 0 Å². The fourth-order valence-electron chi connectivity index (χ4n) is 5.46. The lowest BCUT2D eigenvalue weighted by molar-refractivity contribution is 0.168. The molecule has 0 unspecified atom stereocenters. The van der Waals surface area contributed by atoms with Crippen LogP contribution >= 0.6 is 0 Å². The van der Waals surface area contributed by atoms with Gasteiger partial charge in [0.1, 0.15) is 18.5 Å². The molecule has 7 rings (SSSR count). The first-order valence-electron chi connectivity index (χ1n) is 11.7. The van der Waals surface area contributed by atoms with Gasteiger partial charge in [0.05, 0.1) is 42.8 Å². The number of ether oxygens (including phenoxy) is 2. The van der Waals surface area contributed by atoms with Crippen molar-refractivity contribution in [2.75, 3.05) is 11.5 Å². The smallest absolute Gasteiger partial charge is 0.218 e. The Morgan fingerprint density at radius 1 is 1.18 bits per heavy atom. The molecule has 5 heterocycles. The van der Waals surface area contributed by atoms with Crippen molar-refractivity contribution in [2.45, 2.75) is 56.8 Å². The van der Waals surface area contributed by atoms with E-state index < -0.39 is 0 Å². The first-order valence-corrected chi connectivity index (χ1v) is 11.7. The number of halogens is 1. The third-order valence-electron chi connectivity index (χ3n) is 7.32. The van der Waals surface area contributed by atoms with Crippen molar-refractivity contribution in [3.8, 4) is 11.6 Å². The van der Waals surface area contributed by atoms with Crippen LogP contribution in [0.25, 0.3) is 11.3 Å². The van der Waals surface area contributed by atoms with Crippen LogP contribution in [0.3, 0.4) is 0 Å². The second-order valence-electron chi connectivity index (χ2n) is 9.53. The molecule has 33 heavy (non-hydrogen) atoms. The van der Waals surface area contributed by atoms with Gasteiger partial charge in [-0.1, -0.05) is 6.58 Å². The average Bonchev–Trinajstić information content (AvgIpc) is 3.40. The van der Waals surface area contributed by atoms with E-state index >= 15 is 0 Å². The first kappa shape index (κ1) is 19.1. The van der Waals surface area contributed by atoms with E-state index in [0.717, 1.165) is 60.4 Å². The molecule has 3 aromatic rings. The molecule has 2 aliphatic heterocycles. The molecule has 2 fully saturated rings. The maximum atomic E-state index is 14.3. The molecule has 0 radical (unpaired) electrons. The molecule has 3 atom stereocenters. The predicted molar refractivity (Wildman–Crippen MR) is 120 cm³/mol. The number of fused-ring (bicyclic) bond motifs is 3. The van der Waals surface area contributed by atoms with E-state index in [1.807, 2.05) is 6.20 Å². The van der Waals surface area contributed by atoms with E-state index in [0.29, 0.717) is 30.7 Å². The fraction of sp³-hybridized carbons (Fsp3) is 0.458. The zero-order chi connectivity index (χ0) is 22.1. The van der Waals surface area contributed by atoms with E-state index in [1.165, 1.54) is 12.3 Å². The average molecular weight is 449 g/mol. The molecule has 0 amide bonds. The number of rotatable bonds is 1. The van der Waals surface area contributed by atoms with Gasteiger partial charge in [-0.3, -0.25) is 0 Å². The van der Waals surface area contributed by atoms with Crippen molar-refractivity contribution in [1.29, 1.82) is 0 Å². The number of hydrogen-bond donors (Lipinski definition) is 1. The summed E-state index contributed by atoms with van der Waals surface area (Å²) in [6.07, 6.45) is 10.3. The Labute approximate surface area is 190 Å². The molecular weight excluding hydrogens is 423 g/mol. The van der Waals surface area contributed by atoms with Crippen LogP contribution in [0.1, 0.15) is 43.2 Å². The fourth-order valence-corrected chi connectivity index (χ4v) is 5.46. The number of nitrogens with one attached hydrogen (secondary N) is 1. The van der Waals surface area contributed by atoms with E-state index in [-0.39, 0.29) is 24.0 Å². The van der Waals surface area contributed by atoms with Crippen LogP contribution in [0, 0.1) is 11.7 Å². The second kappa shape index (κ2) is 7.07. The van der Waals surface area contributed by atoms with Gasteiger partial charge in [-0.2, -0.15) is 5.10 Å².